The second-order valence-electron chi connectivity index (χ2n) is 8.30. The highest BCUT2D eigenvalue weighted by Gasteiger charge is 2.36. The van der Waals surface area contributed by atoms with E-state index in [0.29, 0.717) is 26.1 Å². The summed E-state index contributed by atoms with van der Waals surface area (Å²) in [6, 6.07) is 8.24. The van der Waals surface area contributed by atoms with Crippen molar-refractivity contribution in [1.82, 2.24) is 10.2 Å². The smallest absolute Gasteiger partial charge is 0.410 e. The molecule has 29 heavy (non-hydrogen) atoms. The number of carbonyl (C=O) groups excluding carboxylic acids is 1. The number of carbonyl (C=O) groups is 1. The van der Waals surface area contributed by atoms with Crippen LogP contribution in [-0.2, 0) is 11.3 Å². The van der Waals surface area contributed by atoms with Crippen LogP contribution < -0.4 is 5.32 Å². The van der Waals surface area contributed by atoms with Gasteiger partial charge in [-0.2, -0.15) is 0 Å². The van der Waals surface area contributed by atoms with Crippen LogP contribution in [0.25, 0.3) is 6.08 Å². The van der Waals surface area contributed by atoms with Gasteiger partial charge in [0, 0.05) is 18.8 Å². The van der Waals surface area contributed by atoms with Gasteiger partial charge in [0.2, 0.25) is 0 Å². The third-order valence-corrected chi connectivity index (χ3v) is 4.76. The minimum atomic E-state index is -0.544. The monoisotopic (exact) mass is 419 g/mol. The molecule has 1 unspecified atom stereocenters. The molecule has 6 nitrogen and oxygen atoms in total. The Balaban J connectivity index is 1.86. The van der Waals surface area contributed by atoms with Crippen molar-refractivity contribution in [2.24, 2.45) is 4.99 Å². The van der Waals surface area contributed by atoms with Crippen molar-refractivity contribution in [1.29, 1.82) is 0 Å². The van der Waals surface area contributed by atoms with Crippen LogP contribution in [0.2, 0.25) is 0 Å². The highest BCUT2D eigenvalue weighted by Crippen LogP contribution is 2.21. The SMILES string of the molecule is CS/C=N\C(C)=C\c1ccc(CNCC2C[C@@H](O)CN2C(=O)OC(C)(C)C)cc1. The van der Waals surface area contributed by atoms with E-state index in [2.05, 4.69) is 34.6 Å². The van der Waals surface area contributed by atoms with Gasteiger partial charge in [-0.1, -0.05) is 24.3 Å². The number of likely N-dealkylation sites (tertiary alicyclic amines) is 1. The maximum absolute atomic E-state index is 12.4. The van der Waals surface area contributed by atoms with Gasteiger partial charge in [-0.15, -0.1) is 11.8 Å². The van der Waals surface area contributed by atoms with Gasteiger partial charge in [0.25, 0.3) is 0 Å². The van der Waals surface area contributed by atoms with Crippen LogP contribution in [0.1, 0.15) is 45.2 Å². The normalized spacial score (nSPS) is 20.5. The minimum absolute atomic E-state index is 0.0704. The molecule has 1 aromatic carbocycles. The van der Waals surface area contributed by atoms with Gasteiger partial charge in [0.15, 0.2) is 0 Å². The number of allylic oxidation sites excluding steroid dienone is 1. The Kier molecular flexibility index (Phi) is 8.74. The van der Waals surface area contributed by atoms with E-state index >= 15 is 0 Å². The fourth-order valence-electron chi connectivity index (χ4n) is 3.16. The summed E-state index contributed by atoms with van der Waals surface area (Å²) in [5.74, 6) is 0. The van der Waals surface area contributed by atoms with E-state index in [1.165, 1.54) is 0 Å². The predicted molar refractivity (Wildman–Crippen MR) is 121 cm³/mol. The molecule has 2 rings (SSSR count). The maximum atomic E-state index is 12.4. The molecule has 0 spiro atoms. The largest absolute Gasteiger partial charge is 0.444 e. The number of amides is 1. The Morgan fingerprint density at radius 2 is 2.07 bits per heavy atom. The van der Waals surface area contributed by atoms with Crippen LogP contribution in [0.4, 0.5) is 4.79 Å². The molecular weight excluding hydrogens is 386 g/mol. The molecule has 7 heteroatoms. The average Bonchev–Trinajstić information content (AvgIpc) is 3.01. The molecule has 0 saturated carbocycles. The number of aliphatic imine (C=N–C) groups is 1. The van der Waals surface area contributed by atoms with Gasteiger partial charge in [0.1, 0.15) is 5.60 Å². The van der Waals surface area contributed by atoms with Gasteiger partial charge in [-0.05, 0) is 57.6 Å². The van der Waals surface area contributed by atoms with Crippen LogP contribution in [0.15, 0.2) is 35.0 Å². The van der Waals surface area contributed by atoms with E-state index in [1.54, 1.807) is 16.7 Å². The standard InChI is InChI=1S/C22H33N3O3S/c1-16(24-15-29-5)10-17-6-8-18(9-7-17)12-23-13-19-11-20(26)14-25(19)21(27)28-22(2,3)4/h6-10,15,19-20,23,26H,11-14H2,1-5H3/b16-10+,24-15-/t19?,20-/m1/s1. The maximum Gasteiger partial charge on any atom is 0.410 e. The summed E-state index contributed by atoms with van der Waals surface area (Å²) < 4.78 is 5.47. The third kappa shape index (κ3) is 8.20. The molecule has 0 bridgehead atoms. The van der Waals surface area contributed by atoms with Crippen molar-refractivity contribution >= 4 is 29.5 Å². The van der Waals surface area contributed by atoms with E-state index in [1.807, 2.05) is 45.6 Å². The van der Waals surface area contributed by atoms with Crippen LogP contribution in [0.5, 0.6) is 0 Å². The van der Waals surface area contributed by atoms with Crippen LogP contribution in [0.3, 0.4) is 0 Å². The number of β-amino-alcohol motifs (C(OH)–C–C–N with tert-alkyl or cyclic N) is 1. The molecule has 160 valence electrons. The van der Waals surface area contributed by atoms with Crippen molar-refractivity contribution in [3.05, 3.63) is 41.1 Å². The second-order valence-corrected chi connectivity index (χ2v) is 8.99. The number of hydrogen-bond acceptors (Lipinski definition) is 6. The van der Waals surface area contributed by atoms with E-state index in [4.69, 9.17) is 4.74 Å². The summed E-state index contributed by atoms with van der Waals surface area (Å²) in [7, 11) is 0. The summed E-state index contributed by atoms with van der Waals surface area (Å²) in [5, 5.41) is 13.4. The van der Waals surface area contributed by atoms with Gasteiger partial charge < -0.3 is 20.1 Å². The number of benzene rings is 1. The molecule has 2 atom stereocenters. The third-order valence-electron chi connectivity index (χ3n) is 4.45. The fourth-order valence-corrected chi connectivity index (χ4v) is 3.43. The number of aliphatic hydroxyl groups excluding tert-OH is 1. The first-order chi connectivity index (χ1) is 13.7. The van der Waals surface area contributed by atoms with Gasteiger partial charge in [-0.3, -0.25) is 4.99 Å². The van der Waals surface area contributed by atoms with Gasteiger partial charge in [0.05, 0.1) is 24.2 Å². The number of thioether (sulfide) groups is 1. The highest BCUT2D eigenvalue weighted by molar-refractivity contribution is 8.11. The van der Waals surface area contributed by atoms with E-state index in [0.717, 1.165) is 16.8 Å². The first-order valence-electron chi connectivity index (χ1n) is 9.89. The van der Waals surface area contributed by atoms with Gasteiger partial charge in [-0.25, -0.2) is 4.79 Å². The topological polar surface area (TPSA) is 74.2 Å². The van der Waals surface area contributed by atoms with Gasteiger partial charge >= 0.3 is 6.09 Å². The quantitative estimate of drug-likeness (QED) is 0.518. The summed E-state index contributed by atoms with van der Waals surface area (Å²) in [6.45, 7) is 9.15. The molecule has 0 aliphatic carbocycles. The molecule has 1 saturated heterocycles. The zero-order valence-corrected chi connectivity index (χ0v) is 18.8. The zero-order chi connectivity index (χ0) is 21.4. The molecule has 1 aromatic rings. The molecule has 2 N–H and O–H groups in total. The molecule has 1 fully saturated rings. The van der Waals surface area contributed by atoms with Crippen molar-refractivity contribution in [3.63, 3.8) is 0 Å². The Hall–Kier alpha value is -1.83. The average molecular weight is 420 g/mol. The summed E-state index contributed by atoms with van der Waals surface area (Å²) in [6.07, 6.45) is 3.72. The minimum Gasteiger partial charge on any atom is -0.444 e. The summed E-state index contributed by atoms with van der Waals surface area (Å²) >= 11 is 1.58. The second kappa shape index (κ2) is 10.8. The zero-order valence-electron chi connectivity index (χ0n) is 18.0. The van der Waals surface area contributed by atoms with Crippen LogP contribution in [-0.4, -0.2) is 58.7 Å². The number of ether oxygens (including phenoxy) is 1. The lowest BCUT2D eigenvalue weighted by Crippen LogP contribution is -2.44. The molecule has 1 heterocycles. The first-order valence-corrected chi connectivity index (χ1v) is 11.2. The number of nitrogens with zero attached hydrogens (tertiary/aromatic N) is 2. The molecule has 1 aliphatic rings. The van der Waals surface area contributed by atoms with Crippen LogP contribution in [0, 0.1) is 0 Å². The van der Waals surface area contributed by atoms with E-state index < -0.39 is 11.7 Å². The Labute approximate surface area is 178 Å². The first kappa shape index (κ1) is 23.4. The Bertz CT molecular complexity index is 726. The number of hydrogen-bond donors (Lipinski definition) is 2. The van der Waals surface area contributed by atoms with Crippen molar-refractivity contribution in [3.8, 4) is 0 Å². The van der Waals surface area contributed by atoms with Crippen LogP contribution >= 0.6 is 11.8 Å². The van der Waals surface area contributed by atoms with Crippen molar-refractivity contribution in [2.75, 3.05) is 19.3 Å². The Morgan fingerprint density at radius 3 is 2.69 bits per heavy atom. The number of aliphatic hydroxyl groups is 1. The van der Waals surface area contributed by atoms with Crippen molar-refractivity contribution < 1.29 is 14.6 Å². The fraction of sp³-hybridized carbons (Fsp3) is 0.545. The molecule has 0 radical (unpaired) electrons. The number of rotatable bonds is 7. The molecule has 1 aliphatic heterocycles. The predicted octanol–water partition coefficient (Wildman–Crippen LogP) is 3.90. The summed E-state index contributed by atoms with van der Waals surface area (Å²) in [4.78, 5) is 18.4. The van der Waals surface area contributed by atoms with Crippen molar-refractivity contribution in [2.45, 2.75) is 58.4 Å². The highest BCUT2D eigenvalue weighted by atomic mass is 32.2. The van der Waals surface area contributed by atoms with E-state index in [-0.39, 0.29) is 12.1 Å². The molecule has 1 amide bonds. The lowest BCUT2D eigenvalue weighted by molar-refractivity contribution is 0.0208. The Morgan fingerprint density at radius 1 is 1.38 bits per heavy atom. The lowest BCUT2D eigenvalue weighted by Gasteiger charge is -2.28. The van der Waals surface area contributed by atoms with E-state index in [9.17, 15) is 9.90 Å². The lowest BCUT2D eigenvalue weighted by atomic mass is 10.1. The summed E-state index contributed by atoms with van der Waals surface area (Å²) in [5.41, 5.74) is 4.52. The molecular formula is C22H33N3O3S. The molecule has 0 aromatic heterocycles. The number of nitrogens with one attached hydrogen (secondary N) is 1.